The fourth-order valence-electron chi connectivity index (χ4n) is 2.26. The van der Waals surface area contributed by atoms with Crippen LogP contribution in [0.4, 0.5) is 0 Å². The summed E-state index contributed by atoms with van der Waals surface area (Å²) >= 11 is 1.74. The first-order valence-corrected chi connectivity index (χ1v) is 8.09. The lowest BCUT2D eigenvalue weighted by molar-refractivity contribution is 0.624. The van der Waals surface area contributed by atoms with Crippen LogP contribution in [0.2, 0.25) is 0 Å². The van der Waals surface area contributed by atoms with E-state index in [1.807, 2.05) is 0 Å². The lowest BCUT2D eigenvalue weighted by atomic mass is 9.85. The largest absolute Gasteiger partial charge is 0.314 e. The van der Waals surface area contributed by atoms with Gasteiger partial charge in [-0.15, -0.1) is 21.5 Å². The Morgan fingerprint density at radius 2 is 1.95 bits per heavy atom. The van der Waals surface area contributed by atoms with Crippen LogP contribution in [0.25, 0.3) is 0 Å². The van der Waals surface area contributed by atoms with E-state index in [0.29, 0.717) is 0 Å². The fraction of sp³-hybridized carbons (Fsp3) is 0.500. The van der Waals surface area contributed by atoms with Crippen LogP contribution in [0.1, 0.15) is 42.3 Å². The van der Waals surface area contributed by atoms with Crippen molar-refractivity contribution in [3.63, 3.8) is 0 Å². The molecule has 1 fully saturated rings. The first-order chi connectivity index (χ1) is 9.66. The Morgan fingerprint density at radius 1 is 1.20 bits per heavy atom. The highest BCUT2D eigenvalue weighted by Gasteiger charge is 2.27. The highest BCUT2D eigenvalue weighted by Crippen LogP contribution is 2.33. The molecular weight excluding hydrogens is 266 g/mol. The third-order valence-corrected chi connectivity index (χ3v) is 5.15. The summed E-state index contributed by atoms with van der Waals surface area (Å²) in [5, 5.41) is 14.5. The number of benzene rings is 1. The molecule has 3 rings (SSSR count). The van der Waals surface area contributed by atoms with Crippen LogP contribution in [0.3, 0.4) is 0 Å². The Morgan fingerprint density at radius 3 is 2.65 bits per heavy atom. The summed E-state index contributed by atoms with van der Waals surface area (Å²) in [4.78, 5) is 0. The fourth-order valence-corrected chi connectivity index (χ4v) is 3.22. The standard InChI is InChI=1S/C16H21N3S/c1-16(2,12-6-4-3-5-7-12)15-19-18-14(20-15)10-11-17-13-8-9-13/h3-7,13,17H,8-11H2,1-2H3. The van der Waals surface area contributed by atoms with Crippen LogP contribution in [0, 0.1) is 0 Å². The van der Waals surface area contributed by atoms with Gasteiger partial charge in [-0.2, -0.15) is 0 Å². The Bertz CT molecular complexity index is 558. The summed E-state index contributed by atoms with van der Waals surface area (Å²) in [6.07, 6.45) is 3.66. The molecule has 1 aliphatic carbocycles. The average Bonchev–Trinajstić information content (AvgIpc) is 3.15. The van der Waals surface area contributed by atoms with Crippen LogP contribution in [0.5, 0.6) is 0 Å². The summed E-state index contributed by atoms with van der Waals surface area (Å²) in [5.74, 6) is 0. The van der Waals surface area contributed by atoms with Crippen molar-refractivity contribution < 1.29 is 0 Å². The summed E-state index contributed by atoms with van der Waals surface area (Å²) in [7, 11) is 0. The molecule has 0 bridgehead atoms. The van der Waals surface area contributed by atoms with Crippen LogP contribution < -0.4 is 5.32 Å². The minimum absolute atomic E-state index is 0.0684. The van der Waals surface area contributed by atoms with E-state index < -0.39 is 0 Å². The van der Waals surface area contributed by atoms with Crippen molar-refractivity contribution in [2.45, 2.75) is 44.6 Å². The maximum atomic E-state index is 4.42. The van der Waals surface area contributed by atoms with Gasteiger partial charge in [-0.05, 0) is 32.3 Å². The van der Waals surface area contributed by atoms with Crippen LogP contribution >= 0.6 is 11.3 Å². The van der Waals surface area contributed by atoms with Gasteiger partial charge in [0.05, 0.1) is 0 Å². The van der Waals surface area contributed by atoms with Gasteiger partial charge >= 0.3 is 0 Å². The van der Waals surface area contributed by atoms with E-state index in [1.165, 1.54) is 18.4 Å². The minimum Gasteiger partial charge on any atom is -0.314 e. The van der Waals surface area contributed by atoms with Crippen molar-refractivity contribution in [3.8, 4) is 0 Å². The second-order valence-corrected chi connectivity index (χ2v) is 7.03. The van der Waals surface area contributed by atoms with E-state index in [2.05, 4.69) is 59.7 Å². The van der Waals surface area contributed by atoms with Crippen molar-refractivity contribution in [3.05, 3.63) is 45.9 Å². The van der Waals surface area contributed by atoms with Gasteiger partial charge in [0.1, 0.15) is 10.0 Å². The quantitative estimate of drug-likeness (QED) is 0.887. The minimum atomic E-state index is -0.0684. The highest BCUT2D eigenvalue weighted by molar-refractivity contribution is 7.11. The Labute approximate surface area is 124 Å². The van der Waals surface area contributed by atoms with Crippen LogP contribution in [0.15, 0.2) is 30.3 Å². The third-order valence-electron chi connectivity index (χ3n) is 3.85. The molecular formula is C16H21N3S. The molecule has 1 aromatic heterocycles. The van der Waals surface area contributed by atoms with Gasteiger partial charge in [-0.1, -0.05) is 30.3 Å². The van der Waals surface area contributed by atoms with E-state index in [-0.39, 0.29) is 5.41 Å². The highest BCUT2D eigenvalue weighted by atomic mass is 32.1. The van der Waals surface area contributed by atoms with Gasteiger partial charge in [0.15, 0.2) is 0 Å². The lowest BCUT2D eigenvalue weighted by Crippen LogP contribution is -2.19. The van der Waals surface area contributed by atoms with Crippen molar-refractivity contribution in [1.82, 2.24) is 15.5 Å². The molecule has 0 amide bonds. The summed E-state index contributed by atoms with van der Waals surface area (Å²) in [6, 6.07) is 11.3. The number of rotatable bonds is 6. The van der Waals surface area contributed by atoms with Gasteiger partial charge in [0.2, 0.25) is 0 Å². The molecule has 1 aromatic carbocycles. The number of nitrogens with zero attached hydrogens (tertiary/aromatic N) is 2. The smallest absolute Gasteiger partial charge is 0.127 e. The van der Waals surface area contributed by atoms with Gasteiger partial charge in [-0.3, -0.25) is 0 Å². The monoisotopic (exact) mass is 287 g/mol. The molecule has 4 heteroatoms. The predicted octanol–water partition coefficient (Wildman–Crippen LogP) is 3.16. The Kier molecular flexibility index (Phi) is 3.85. The molecule has 20 heavy (non-hydrogen) atoms. The van der Waals surface area contributed by atoms with E-state index in [0.717, 1.165) is 29.0 Å². The molecule has 0 atom stereocenters. The molecule has 0 aliphatic heterocycles. The molecule has 1 aliphatic rings. The molecule has 0 spiro atoms. The first-order valence-electron chi connectivity index (χ1n) is 7.28. The van der Waals surface area contributed by atoms with Crippen LogP contribution in [-0.4, -0.2) is 22.8 Å². The van der Waals surface area contributed by atoms with E-state index in [1.54, 1.807) is 11.3 Å². The topological polar surface area (TPSA) is 37.8 Å². The second kappa shape index (κ2) is 5.62. The summed E-state index contributed by atoms with van der Waals surface area (Å²) in [5.41, 5.74) is 1.22. The number of hydrogen-bond donors (Lipinski definition) is 1. The molecule has 1 heterocycles. The van der Waals surface area contributed by atoms with E-state index in [9.17, 15) is 0 Å². The molecule has 0 unspecified atom stereocenters. The van der Waals surface area contributed by atoms with E-state index >= 15 is 0 Å². The molecule has 1 N–H and O–H groups in total. The van der Waals surface area contributed by atoms with Gasteiger partial charge in [-0.25, -0.2) is 0 Å². The zero-order chi connectivity index (χ0) is 14.0. The van der Waals surface area contributed by atoms with Crippen molar-refractivity contribution in [2.24, 2.45) is 0 Å². The van der Waals surface area contributed by atoms with Crippen molar-refractivity contribution >= 4 is 11.3 Å². The lowest BCUT2D eigenvalue weighted by Gasteiger charge is -2.21. The summed E-state index contributed by atoms with van der Waals surface area (Å²) in [6.45, 7) is 5.45. The molecule has 3 nitrogen and oxygen atoms in total. The maximum absolute atomic E-state index is 4.42. The second-order valence-electron chi connectivity index (χ2n) is 5.97. The van der Waals surface area contributed by atoms with Gasteiger partial charge in [0, 0.05) is 24.4 Å². The molecule has 0 saturated heterocycles. The molecule has 2 aromatic rings. The average molecular weight is 287 g/mol. The molecule has 1 saturated carbocycles. The zero-order valence-corrected chi connectivity index (χ0v) is 12.9. The Hall–Kier alpha value is -1.26. The molecule has 0 radical (unpaired) electrons. The zero-order valence-electron chi connectivity index (χ0n) is 12.1. The third kappa shape index (κ3) is 3.07. The van der Waals surface area contributed by atoms with E-state index in [4.69, 9.17) is 0 Å². The number of hydrogen-bond acceptors (Lipinski definition) is 4. The van der Waals surface area contributed by atoms with Gasteiger partial charge in [0.25, 0.3) is 0 Å². The predicted molar refractivity (Wildman–Crippen MR) is 83.2 cm³/mol. The van der Waals surface area contributed by atoms with Crippen molar-refractivity contribution in [2.75, 3.05) is 6.54 Å². The SMILES string of the molecule is CC(C)(c1ccccc1)c1nnc(CCNC2CC2)s1. The molecule has 106 valence electrons. The maximum Gasteiger partial charge on any atom is 0.127 e. The Balaban J connectivity index is 1.68. The van der Waals surface area contributed by atoms with Crippen molar-refractivity contribution in [1.29, 1.82) is 0 Å². The normalized spacial score (nSPS) is 15.5. The summed E-state index contributed by atoms with van der Waals surface area (Å²) < 4.78 is 0. The van der Waals surface area contributed by atoms with Crippen LogP contribution in [-0.2, 0) is 11.8 Å². The first kappa shape index (κ1) is 13.7. The number of nitrogens with one attached hydrogen (secondary N) is 1. The van der Waals surface area contributed by atoms with Gasteiger partial charge < -0.3 is 5.32 Å². The number of aromatic nitrogens is 2.